The van der Waals surface area contributed by atoms with Gasteiger partial charge in [-0.15, -0.1) is 0 Å². The number of nitrogen functional groups attached to an aromatic ring is 1. The van der Waals surface area contributed by atoms with Gasteiger partial charge in [0.1, 0.15) is 40.9 Å². The van der Waals surface area contributed by atoms with Gasteiger partial charge >= 0.3 is 0 Å². The maximum Gasteiger partial charge on any atom is 0.260 e. The van der Waals surface area contributed by atoms with Gasteiger partial charge < -0.3 is 16.0 Å². The van der Waals surface area contributed by atoms with E-state index in [0.717, 1.165) is 6.20 Å². The summed E-state index contributed by atoms with van der Waals surface area (Å²) in [5, 5.41) is 3.65. The average Bonchev–Trinajstić information content (AvgIpc) is 2.74. The van der Waals surface area contributed by atoms with Crippen molar-refractivity contribution >= 4 is 34.1 Å². The van der Waals surface area contributed by atoms with Gasteiger partial charge in [-0.05, 0) is 25.0 Å². The molecule has 3 aromatic heterocycles. The number of aromatic nitrogens is 5. The molecule has 0 spiro atoms. The molecule has 0 aliphatic rings. The summed E-state index contributed by atoms with van der Waals surface area (Å²) in [6, 6.07) is 5.13. The number of nitrogens with one attached hydrogen (secondary N) is 2. The maximum absolute atomic E-state index is 13.8. The molecule has 1 aromatic carbocycles. The SMILES string of the molecule is CC(Nc1ncnc(N)c1C#Cc1ncc(F)cc1F)c1nc2cccc(Cl)c2c(=O)[nH]1. The van der Waals surface area contributed by atoms with Crippen LogP contribution in [-0.2, 0) is 0 Å². The Morgan fingerprint density at radius 1 is 1.22 bits per heavy atom. The Morgan fingerprint density at radius 3 is 2.81 bits per heavy atom. The van der Waals surface area contributed by atoms with Gasteiger partial charge in [0.25, 0.3) is 5.56 Å². The summed E-state index contributed by atoms with van der Waals surface area (Å²) in [6.07, 6.45) is 2.08. The van der Waals surface area contributed by atoms with Crippen molar-refractivity contribution in [2.75, 3.05) is 11.1 Å². The Bertz CT molecular complexity index is 1460. The second-order valence-electron chi connectivity index (χ2n) is 6.67. The van der Waals surface area contributed by atoms with E-state index in [4.69, 9.17) is 17.3 Å². The molecule has 160 valence electrons. The summed E-state index contributed by atoms with van der Waals surface area (Å²) in [5.41, 5.74) is 5.89. The number of pyridine rings is 1. The van der Waals surface area contributed by atoms with Crippen LogP contribution >= 0.6 is 11.6 Å². The van der Waals surface area contributed by atoms with E-state index in [-0.39, 0.29) is 33.8 Å². The number of fused-ring (bicyclic) bond motifs is 1. The molecule has 4 rings (SSSR count). The number of nitrogens with zero attached hydrogens (tertiary/aromatic N) is 4. The number of halogens is 3. The lowest BCUT2D eigenvalue weighted by Crippen LogP contribution is -2.19. The normalized spacial score (nSPS) is 11.6. The van der Waals surface area contributed by atoms with Gasteiger partial charge in [-0.3, -0.25) is 4.79 Å². The van der Waals surface area contributed by atoms with Gasteiger partial charge in [-0.2, -0.15) is 0 Å². The Kier molecular flexibility index (Phi) is 5.66. The Hall–Kier alpha value is -4.10. The van der Waals surface area contributed by atoms with Crippen LogP contribution < -0.4 is 16.6 Å². The van der Waals surface area contributed by atoms with Crippen LogP contribution in [0.1, 0.15) is 30.0 Å². The van der Waals surface area contributed by atoms with E-state index in [1.54, 1.807) is 25.1 Å². The topological polar surface area (TPSA) is 122 Å². The molecule has 0 aliphatic heterocycles. The molecule has 8 nitrogen and oxygen atoms in total. The summed E-state index contributed by atoms with van der Waals surface area (Å²) in [4.78, 5) is 31.3. The predicted octanol–water partition coefficient (Wildman–Crippen LogP) is 3.19. The third kappa shape index (κ3) is 4.19. The van der Waals surface area contributed by atoms with Gasteiger partial charge in [0.05, 0.1) is 28.2 Å². The van der Waals surface area contributed by atoms with Crippen LogP contribution in [-0.4, -0.2) is 24.9 Å². The summed E-state index contributed by atoms with van der Waals surface area (Å²) in [5.74, 6) is 4.04. The number of rotatable bonds is 3. The van der Waals surface area contributed by atoms with Gasteiger partial charge in [0.15, 0.2) is 5.82 Å². The minimum atomic E-state index is -0.910. The summed E-state index contributed by atoms with van der Waals surface area (Å²) < 4.78 is 26.9. The number of benzene rings is 1. The van der Waals surface area contributed by atoms with Crippen molar-refractivity contribution in [3.8, 4) is 11.8 Å². The molecule has 0 saturated heterocycles. The first-order valence-electron chi connectivity index (χ1n) is 9.22. The van der Waals surface area contributed by atoms with E-state index in [0.29, 0.717) is 22.4 Å². The number of hydrogen-bond acceptors (Lipinski definition) is 7. The molecular formula is C21H14ClF2N7O. The summed E-state index contributed by atoms with van der Waals surface area (Å²) in [6.45, 7) is 1.74. The molecule has 0 radical (unpaired) electrons. The first kappa shape index (κ1) is 21.1. The van der Waals surface area contributed by atoms with Crippen LogP contribution in [0.2, 0.25) is 5.02 Å². The molecule has 0 bridgehead atoms. The Morgan fingerprint density at radius 2 is 2.03 bits per heavy atom. The third-order valence-corrected chi connectivity index (χ3v) is 4.77. The maximum atomic E-state index is 13.8. The largest absolute Gasteiger partial charge is 0.382 e. The lowest BCUT2D eigenvalue weighted by Gasteiger charge is -2.16. The van der Waals surface area contributed by atoms with Crippen molar-refractivity contribution in [3.63, 3.8) is 0 Å². The molecule has 0 fully saturated rings. The zero-order valence-electron chi connectivity index (χ0n) is 16.4. The van der Waals surface area contributed by atoms with E-state index >= 15 is 0 Å². The van der Waals surface area contributed by atoms with Crippen molar-refractivity contribution in [2.24, 2.45) is 0 Å². The first-order valence-corrected chi connectivity index (χ1v) is 9.60. The number of nitrogens with two attached hydrogens (primary N) is 1. The quantitative estimate of drug-likeness (QED) is 0.407. The van der Waals surface area contributed by atoms with Gasteiger partial charge in [-0.25, -0.2) is 28.7 Å². The Labute approximate surface area is 184 Å². The predicted molar refractivity (Wildman–Crippen MR) is 116 cm³/mol. The van der Waals surface area contributed by atoms with Crippen LogP contribution in [0.15, 0.2) is 41.6 Å². The highest BCUT2D eigenvalue weighted by Crippen LogP contribution is 2.23. The van der Waals surface area contributed by atoms with Gasteiger partial charge in [-0.1, -0.05) is 23.6 Å². The van der Waals surface area contributed by atoms with Crippen molar-refractivity contribution in [3.05, 3.63) is 80.9 Å². The van der Waals surface area contributed by atoms with Crippen molar-refractivity contribution in [1.82, 2.24) is 24.9 Å². The van der Waals surface area contributed by atoms with E-state index in [1.165, 1.54) is 6.33 Å². The highest BCUT2D eigenvalue weighted by Gasteiger charge is 2.16. The molecule has 1 atom stereocenters. The molecule has 0 saturated carbocycles. The lowest BCUT2D eigenvalue weighted by molar-refractivity contribution is 0.570. The number of hydrogen-bond donors (Lipinski definition) is 3. The van der Waals surface area contributed by atoms with E-state index in [1.807, 2.05) is 0 Å². The van der Waals surface area contributed by atoms with Crippen molar-refractivity contribution in [1.29, 1.82) is 0 Å². The number of H-pyrrole nitrogens is 1. The highest BCUT2D eigenvalue weighted by molar-refractivity contribution is 6.35. The zero-order valence-corrected chi connectivity index (χ0v) is 17.2. The molecule has 3 heterocycles. The number of aromatic amines is 1. The first-order chi connectivity index (χ1) is 15.3. The van der Waals surface area contributed by atoms with Gasteiger partial charge in [0, 0.05) is 6.07 Å². The molecule has 11 heteroatoms. The molecule has 32 heavy (non-hydrogen) atoms. The molecular weight excluding hydrogens is 440 g/mol. The second-order valence-corrected chi connectivity index (χ2v) is 7.07. The molecule has 0 aliphatic carbocycles. The Balaban J connectivity index is 1.69. The summed E-state index contributed by atoms with van der Waals surface area (Å²) >= 11 is 6.09. The molecule has 4 N–H and O–H groups in total. The minimum absolute atomic E-state index is 0.0384. The van der Waals surface area contributed by atoms with E-state index < -0.39 is 17.7 Å². The van der Waals surface area contributed by atoms with Crippen LogP contribution in [0, 0.1) is 23.5 Å². The van der Waals surface area contributed by atoms with Crippen molar-refractivity contribution < 1.29 is 8.78 Å². The van der Waals surface area contributed by atoms with Gasteiger partial charge in [0.2, 0.25) is 0 Å². The molecule has 1 unspecified atom stereocenters. The van der Waals surface area contributed by atoms with E-state index in [2.05, 4.69) is 42.1 Å². The molecule has 0 amide bonds. The third-order valence-electron chi connectivity index (χ3n) is 4.45. The minimum Gasteiger partial charge on any atom is -0.382 e. The molecule has 4 aromatic rings. The van der Waals surface area contributed by atoms with Crippen LogP contribution in [0.5, 0.6) is 0 Å². The number of anilines is 2. The highest BCUT2D eigenvalue weighted by atomic mass is 35.5. The zero-order chi connectivity index (χ0) is 22.8. The fourth-order valence-corrected chi connectivity index (χ4v) is 3.16. The second kappa shape index (κ2) is 8.56. The van der Waals surface area contributed by atoms with Crippen LogP contribution in [0.3, 0.4) is 0 Å². The summed E-state index contributed by atoms with van der Waals surface area (Å²) in [7, 11) is 0. The lowest BCUT2D eigenvalue weighted by atomic mass is 10.2. The van der Waals surface area contributed by atoms with E-state index in [9.17, 15) is 13.6 Å². The van der Waals surface area contributed by atoms with Crippen molar-refractivity contribution in [2.45, 2.75) is 13.0 Å². The fraction of sp³-hybridized carbons (Fsp3) is 0.0952. The monoisotopic (exact) mass is 453 g/mol. The standard InChI is InChI=1S/C21H14ClF2N7O/c1-10(19-30-16-4-2-3-13(22)17(16)21(32)31-19)29-20-12(18(25)27-9-28-20)5-6-15-14(24)7-11(23)8-26-15/h2-4,7-10H,1H3,(H,30,31,32)(H3,25,27,28,29). The van der Waals surface area contributed by atoms with Crippen LogP contribution in [0.4, 0.5) is 20.4 Å². The smallest absolute Gasteiger partial charge is 0.260 e. The fourth-order valence-electron chi connectivity index (χ4n) is 2.91. The van der Waals surface area contributed by atoms with Crippen LogP contribution in [0.25, 0.3) is 10.9 Å². The average molecular weight is 454 g/mol.